The summed E-state index contributed by atoms with van der Waals surface area (Å²) in [5.74, 6) is -0.621. The van der Waals surface area contributed by atoms with Gasteiger partial charge in [0.2, 0.25) is 11.4 Å². The molecule has 0 heterocycles. The average Bonchev–Trinajstić information content (AvgIpc) is 2.65. The van der Waals surface area contributed by atoms with Crippen molar-refractivity contribution < 1.29 is 32.0 Å². The Balaban J connectivity index is 6.07. The van der Waals surface area contributed by atoms with Gasteiger partial charge in [0.25, 0.3) is 0 Å². The van der Waals surface area contributed by atoms with Crippen LogP contribution in [0.1, 0.15) is 0 Å². The van der Waals surface area contributed by atoms with Crippen molar-refractivity contribution >= 4 is 37.0 Å². The van der Waals surface area contributed by atoms with Crippen LogP contribution in [0.2, 0.25) is 0 Å². The van der Waals surface area contributed by atoms with Crippen LogP contribution in [-0.2, 0) is 32.0 Å². The Hall–Kier alpha value is -0.790. The molecule has 0 atom stereocenters. The van der Waals surface area contributed by atoms with Gasteiger partial charge in [-0.3, -0.25) is 13.9 Å². The van der Waals surface area contributed by atoms with E-state index in [-0.39, 0.29) is 31.8 Å². The number of carbonyl (C=O) groups excluding carboxylic acids is 1. The van der Waals surface area contributed by atoms with Gasteiger partial charge < -0.3 is 23.4 Å². The van der Waals surface area contributed by atoms with Crippen molar-refractivity contribution in [2.24, 2.45) is 0 Å². The van der Waals surface area contributed by atoms with Gasteiger partial charge in [-0.25, -0.2) is 0 Å². The van der Waals surface area contributed by atoms with E-state index < -0.39 is 26.6 Å². The van der Waals surface area contributed by atoms with Gasteiger partial charge in [-0.05, 0) is 0 Å². The van der Waals surface area contributed by atoms with Crippen LogP contribution in [0.15, 0.2) is 50.6 Å². The molecule has 11 heteroatoms. The molecule has 0 saturated heterocycles. The third kappa shape index (κ3) is 8.27. The van der Waals surface area contributed by atoms with Gasteiger partial charge in [-0.2, -0.15) is 0 Å². The smallest absolute Gasteiger partial charge is 0.331 e. The molecule has 0 rings (SSSR count). The zero-order valence-electron chi connectivity index (χ0n) is 14.4. The van der Waals surface area contributed by atoms with Gasteiger partial charge in [0.15, 0.2) is 0 Å². The Bertz CT molecular complexity index is 523. The molecule has 0 aliphatic rings. The molecule has 0 saturated carbocycles. The minimum atomic E-state index is -4.21. The van der Waals surface area contributed by atoms with Gasteiger partial charge in [-0.15, -0.1) is 26.3 Å². The summed E-state index contributed by atoms with van der Waals surface area (Å²) < 4.78 is 47.6. The predicted octanol–water partition coefficient (Wildman–Crippen LogP) is 3.98. The van der Waals surface area contributed by atoms with Gasteiger partial charge in [0, 0.05) is 0 Å². The first-order valence-corrected chi connectivity index (χ1v) is 11.7. The SMILES string of the molecule is C=CCOP(=O)(OCC=C)C(NC(=O)CBr)P(=O)(OCC=C)OCC=C. The lowest BCUT2D eigenvalue weighted by Crippen LogP contribution is -2.37. The van der Waals surface area contributed by atoms with Crippen LogP contribution in [0, 0.1) is 0 Å². The van der Waals surface area contributed by atoms with E-state index in [0.717, 1.165) is 0 Å². The van der Waals surface area contributed by atoms with E-state index in [1.54, 1.807) is 0 Å². The van der Waals surface area contributed by atoms with Crippen LogP contribution in [0.4, 0.5) is 0 Å². The topological polar surface area (TPSA) is 100 Å². The van der Waals surface area contributed by atoms with Crippen LogP contribution in [-0.4, -0.2) is 43.2 Å². The third-order valence-electron chi connectivity index (χ3n) is 2.50. The number of rotatable bonds is 16. The maximum atomic E-state index is 13.3. The fourth-order valence-corrected chi connectivity index (χ4v) is 6.42. The normalized spacial score (nSPS) is 11.8. The maximum Gasteiger partial charge on any atom is 0.365 e. The van der Waals surface area contributed by atoms with Crippen LogP contribution in [0.5, 0.6) is 0 Å². The molecular weight excluding hydrogens is 448 g/mol. The Morgan fingerprint density at radius 2 is 1.15 bits per heavy atom. The highest BCUT2D eigenvalue weighted by Crippen LogP contribution is 2.69. The quantitative estimate of drug-likeness (QED) is 0.206. The van der Waals surface area contributed by atoms with E-state index in [9.17, 15) is 13.9 Å². The molecule has 0 bridgehead atoms. The van der Waals surface area contributed by atoms with E-state index in [2.05, 4.69) is 47.6 Å². The van der Waals surface area contributed by atoms with Gasteiger partial charge in [0.05, 0.1) is 31.8 Å². The van der Waals surface area contributed by atoms with Crippen LogP contribution >= 0.6 is 31.1 Å². The summed E-state index contributed by atoms with van der Waals surface area (Å²) in [6, 6.07) is 0. The maximum absolute atomic E-state index is 13.3. The molecule has 1 N–H and O–H groups in total. The standard InChI is InChI=1S/C15H24BrNO7P2/c1-5-9-21-25(19,22-10-6-2)15(17-14(18)13-16)26(20,23-11-7-3)24-12-8-4/h5-8,15H,1-4,9-13H2,(H,17,18). The minimum absolute atomic E-state index is 0.144. The Morgan fingerprint density at radius 3 is 1.38 bits per heavy atom. The highest BCUT2D eigenvalue weighted by atomic mass is 79.9. The first-order valence-electron chi connectivity index (χ1n) is 7.40. The summed E-state index contributed by atoms with van der Waals surface area (Å²) in [5.41, 5.74) is -1.71. The number of halogens is 1. The van der Waals surface area contributed by atoms with E-state index in [1.165, 1.54) is 24.3 Å². The summed E-state index contributed by atoms with van der Waals surface area (Å²) in [4.78, 5) is 11.9. The number of nitrogens with one attached hydrogen (secondary N) is 1. The van der Waals surface area contributed by atoms with Crippen molar-refractivity contribution in [1.82, 2.24) is 5.32 Å². The van der Waals surface area contributed by atoms with Crippen molar-refractivity contribution in [3.8, 4) is 0 Å². The van der Waals surface area contributed by atoms with Crippen LogP contribution < -0.4 is 5.32 Å². The summed E-state index contributed by atoms with van der Waals surface area (Å²) >= 11 is 2.97. The highest BCUT2D eigenvalue weighted by molar-refractivity contribution is 9.09. The van der Waals surface area contributed by atoms with Crippen molar-refractivity contribution in [3.05, 3.63) is 50.6 Å². The molecule has 8 nitrogen and oxygen atoms in total. The summed E-state index contributed by atoms with van der Waals surface area (Å²) in [6.45, 7) is 13.1. The molecule has 0 aromatic carbocycles. The molecule has 0 radical (unpaired) electrons. The number of carbonyl (C=O) groups is 1. The summed E-state index contributed by atoms with van der Waals surface area (Å²) in [7, 11) is -8.42. The fourth-order valence-electron chi connectivity index (χ4n) is 1.50. The molecular formula is C15H24BrNO7P2. The first kappa shape index (κ1) is 25.2. The van der Waals surface area contributed by atoms with Crippen molar-refractivity contribution in [1.29, 1.82) is 0 Å². The second kappa shape index (κ2) is 13.4. The molecule has 0 unspecified atom stereocenters. The molecule has 0 fully saturated rings. The Labute approximate surface area is 162 Å². The zero-order valence-corrected chi connectivity index (χ0v) is 17.8. The molecule has 1 amide bonds. The van der Waals surface area contributed by atoms with E-state index >= 15 is 0 Å². The fraction of sp³-hybridized carbons (Fsp3) is 0.400. The monoisotopic (exact) mass is 471 g/mol. The largest absolute Gasteiger partial charge is 0.365 e. The van der Waals surface area contributed by atoms with Crippen molar-refractivity contribution in [2.45, 2.75) is 5.52 Å². The summed E-state index contributed by atoms with van der Waals surface area (Å²) in [6.07, 6.45) is 5.31. The first-order chi connectivity index (χ1) is 12.3. The third-order valence-corrected chi connectivity index (χ3v) is 8.20. The second-order valence-electron chi connectivity index (χ2n) is 4.49. The predicted molar refractivity (Wildman–Crippen MR) is 106 cm³/mol. The Morgan fingerprint density at radius 1 is 0.846 bits per heavy atom. The molecule has 0 spiro atoms. The molecule has 0 aliphatic heterocycles. The van der Waals surface area contributed by atoms with Crippen LogP contribution in [0.3, 0.4) is 0 Å². The number of alkyl halides is 1. The van der Waals surface area contributed by atoms with E-state index in [4.69, 9.17) is 18.1 Å². The molecule has 0 aromatic rings. The van der Waals surface area contributed by atoms with E-state index in [0.29, 0.717) is 0 Å². The zero-order chi connectivity index (χ0) is 20.1. The number of amides is 1. The average molecular weight is 472 g/mol. The van der Waals surface area contributed by atoms with Gasteiger partial charge in [-0.1, -0.05) is 40.2 Å². The van der Waals surface area contributed by atoms with Gasteiger partial charge >= 0.3 is 15.2 Å². The lowest BCUT2D eigenvalue weighted by molar-refractivity contribution is -0.118. The van der Waals surface area contributed by atoms with Crippen LogP contribution in [0.25, 0.3) is 0 Å². The van der Waals surface area contributed by atoms with Crippen molar-refractivity contribution in [2.75, 3.05) is 31.8 Å². The highest BCUT2D eigenvalue weighted by Gasteiger charge is 2.52. The molecule has 0 aromatic heterocycles. The summed E-state index contributed by atoms with van der Waals surface area (Å²) in [5, 5.41) is 2.19. The van der Waals surface area contributed by atoms with E-state index in [1.807, 2.05) is 0 Å². The lowest BCUT2D eigenvalue weighted by atomic mass is 10.7. The molecule has 148 valence electrons. The minimum Gasteiger partial charge on any atom is -0.331 e. The number of hydrogen-bond donors (Lipinski definition) is 1. The number of hydrogen-bond acceptors (Lipinski definition) is 7. The van der Waals surface area contributed by atoms with Gasteiger partial charge in [0.1, 0.15) is 0 Å². The molecule has 26 heavy (non-hydrogen) atoms. The second-order valence-corrected chi connectivity index (χ2v) is 9.69. The molecule has 0 aliphatic carbocycles. The Kier molecular flexibility index (Phi) is 13.0. The lowest BCUT2D eigenvalue weighted by Gasteiger charge is -2.31. The van der Waals surface area contributed by atoms with Crippen molar-refractivity contribution in [3.63, 3.8) is 0 Å².